The lowest BCUT2D eigenvalue weighted by molar-refractivity contribution is 1.22. The van der Waals surface area contributed by atoms with Gasteiger partial charge in [0.25, 0.3) is 0 Å². The van der Waals surface area contributed by atoms with Crippen LogP contribution in [0.4, 0.5) is 11.4 Å². The summed E-state index contributed by atoms with van der Waals surface area (Å²) in [6.45, 7) is 6.96. The number of nitrogens with zero attached hydrogens (tertiary/aromatic N) is 1. The highest BCUT2D eigenvalue weighted by Crippen LogP contribution is 2.32. The van der Waals surface area contributed by atoms with Gasteiger partial charge in [0.15, 0.2) is 0 Å². The van der Waals surface area contributed by atoms with E-state index in [1.54, 1.807) is 0 Å². The highest BCUT2D eigenvalue weighted by atomic mass is 15.1. The Morgan fingerprint density at radius 3 is 1.41 bits per heavy atom. The van der Waals surface area contributed by atoms with E-state index < -0.39 is 0 Å². The average molecular weight is 411 g/mol. The summed E-state index contributed by atoms with van der Waals surface area (Å²) >= 11 is 0. The molecule has 0 aliphatic carbocycles. The van der Waals surface area contributed by atoms with E-state index >= 15 is 0 Å². The third kappa shape index (κ3) is 2.79. The number of benzene rings is 5. The summed E-state index contributed by atoms with van der Waals surface area (Å²) in [7, 11) is 2.21. The predicted octanol–water partition coefficient (Wildman–Crippen LogP) is 5.52. The fourth-order valence-corrected chi connectivity index (χ4v) is 5.79. The summed E-state index contributed by atoms with van der Waals surface area (Å²) < 4.78 is 0. The molecule has 0 unspecified atom stereocenters. The summed E-state index contributed by atoms with van der Waals surface area (Å²) in [6, 6.07) is 31.7. The molecule has 32 heavy (non-hydrogen) atoms. The second-order valence-corrected chi connectivity index (χ2v) is 9.32. The standard InChI is InChI=1S/C30H26BN/c1-19-13-20(2)30(21(3)14-19)31-26-15-22-9-5-7-11-24(22)17-28(26)32(4)29-18-25-12-8-6-10-23(25)16-27(29)31/h5-18H,1-4H3. The summed E-state index contributed by atoms with van der Waals surface area (Å²) in [5.74, 6) is 0. The number of aryl methyl sites for hydroxylation is 3. The van der Waals surface area contributed by atoms with Crippen molar-refractivity contribution in [3.05, 3.63) is 102 Å². The zero-order valence-corrected chi connectivity index (χ0v) is 19.1. The van der Waals surface area contributed by atoms with Crippen LogP contribution in [0.1, 0.15) is 16.7 Å². The molecule has 2 heteroatoms. The van der Waals surface area contributed by atoms with Gasteiger partial charge in [-0.05, 0) is 65.4 Å². The normalized spacial score (nSPS) is 12.9. The maximum atomic E-state index is 2.42. The van der Waals surface area contributed by atoms with E-state index in [9.17, 15) is 0 Å². The van der Waals surface area contributed by atoms with Gasteiger partial charge in [-0.25, -0.2) is 0 Å². The number of rotatable bonds is 1. The predicted molar refractivity (Wildman–Crippen MR) is 141 cm³/mol. The summed E-state index contributed by atoms with van der Waals surface area (Å²) in [5.41, 5.74) is 10.9. The molecule has 5 aromatic rings. The van der Waals surface area contributed by atoms with Crippen LogP contribution in [0.2, 0.25) is 0 Å². The zero-order chi connectivity index (χ0) is 22.0. The Balaban J connectivity index is 1.74. The minimum absolute atomic E-state index is 0.214. The molecule has 0 bridgehead atoms. The third-order valence-corrected chi connectivity index (χ3v) is 7.16. The van der Waals surface area contributed by atoms with Gasteiger partial charge in [0.2, 0.25) is 6.71 Å². The molecule has 0 saturated carbocycles. The van der Waals surface area contributed by atoms with Gasteiger partial charge < -0.3 is 4.90 Å². The Morgan fingerprint density at radius 2 is 0.969 bits per heavy atom. The van der Waals surface area contributed by atoms with Crippen molar-refractivity contribution in [2.24, 2.45) is 0 Å². The summed E-state index contributed by atoms with van der Waals surface area (Å²) in [5, 5.41) is 5.18. The van der Waals surface area contributed by atoms with Crippen molar-refractivity contribution in [3.63, 3.8) is 0 Å². The Kier molecular flexibility index (Phi) is 4.20. The molecule has 1 nitrogen and oxygen atoms in total. The van der Waals surface area contributed by atoms with Crippen LogP contribution in [-0.2, 0) is 0 Å². The van der Waals surface area contributed by atoms with Crippen LogP contribution < -0.4 is 21.3 Å². The van der Waals surface area contributed by atoms with E-state index in [1.807, 2.05) is 0 Å². The molecule has 5 aromatic carbocycles. The van der Waals surface area contributed by atoms with Crippen molar-refractivity contribution in [1.29, 1.82) is 0 Å². The average Bonchev–Trinajstić information content (AvgIpc) is 2.78. The van der Waals surface area contributed by atoms with Gasteiger partial charge in [0.05, 0.1) is 0 Å². The largest absolute Gasteiger partial charge is 0.345 e. The van der Waals surface area contributed by atoms with Crippen molar-refractivity contribution in [1.82, 2.24) is 0 Å². The Labute approximate surface area is 190 Å². The van der Waals surface area contributed by atoms with Gasteiger partial charge in [-0.1, -0.05) is 94.9 Å². The van der Waals surface area contributed by atoms with Gasteiger partial charge in [0, 0.05) is 18.4 Å². The topological polar surface area (TPSA) is 3.24 Å². The number of hydrogen-bond donors (Lipinski definition) is 0. The second-order valence-electron chi connectivity index (χ2n) is 9.32. The van der Waals surface area contributed by atoms with Gasteiger partial charge in [-0.2, -0.15) is 0 Å². The number of anilines is 2. The first-order valence-corrected chi connectivity index (χ1v) is 11.4. The first-order valence-electron chi connectivity index (χ1n) is 11.4. The first-order chi connectivity index (χ1) is 15.5. The quantitative estimate of drug-likeness (QED) is 0.329. The third-order valence-electron chi connectivity index (χ3n) is 7.16. The molecule has 0 atom stereocenters. The zero-order valence-electron chi connectivity index (χ0n) is 19.1. The Hall–Kier alpha value is -3.52. The van der Waals surface area contributed by atoms with Crippen molar-refractivity contribution in [2.45, 2.75) is 20.8 Å². The number of fused-ring (bicyclic) bond motifs is 4. The molecule has 1 aliphatic heterocycles. The molecule has 0 N–H and O–H groups in total. The van der Waals surface area contributed by atoms with E-state index in [0.717, 1.165) is 0 Å². The molecule has 0 saturated heterocycles. The minimum Gasteiger partial charge on any atom is -0.345 e. The van der Waals surface area contributed by atoms with Crippen molar-refractivity contribution >= 4 is 56.0 Å². The smallest absolute Gasteiger partial charge is 0.247 e. The maximum Gasteiger partial charge on any atom is 0.247 e. The fourth-order valence-electron chi connectivity index (χ4n) is 5.79. The van der Waals surface area contributed by atoms with Crippen LogP contribution in [0.15, 0.2) is 84.9 Å². The van der Waals surface area contributed by atoms with Gasteiger partial charge in [-0.3, -0.25) is 0 Å². The van der Waals surface area contributed by atoms with Crippen molar-refractivity contribution < 1.29 is 0 Å². The molecule has 1 heterocycles. The fraction of sp³-hybridized carbons (Fsp3) is 0.133. The maximum absolute atomic E-state index is 2.42. The highest BCUT2D eigenvalue weighted by Gasteiger charge is 2.35. The van der Waals surface area contributed by atoms with Gasteiger partial charge in [0.1, 0.15) is 0 Å². The lowest BCUT2D eigenvalue weighted by Crippen LogP contribution is -2.58. The molecule has 0 fully saturated rings. The van der Waals surface area contributed by atoms with Crippen LogP contribution in [0.3, 0.4) is 0 Å². The summed E-state index contributed by atoms with van der Waals surface area (Å²) in [6.07, 6.45) is 0. The molecular formula is C30H26BN. The van der Waals surface area contributed by atoms with E-state index in [-0.39, 0.29) is 6.71 Å². The minimum atomic E-state index is 0.214. The van der Waals surface area contributed by atoms with Crippen LogP contribution >= 0.6 is 0 Å². The van der Waals surface area contributed by atoms with E-state index in [2.05, 4.69) is 118 Å². The van der Waals surface area contributed by atoms with Crippen LogP contribution in [-0.4, -0.2) is 13.8 Å². The van der Waals surface area contributed by atoms with Gasteiger partial charge in [-0.15, -0.1) is 0 Å². The molecule has 0 radical (unpaired) electrons. The van der Waals surface area contributed by atoms with Crippen molar-refractivity contribution in [3.8, 4) is 0 Å². The van der Waals surface area contributed by atoms with E-state index in [1.165, 1.54) is 66.0 Å². The second kappa shape index (κ2) is 7.00. The molecular weight excluding hydrogens is 385 g/mol. The van der Waals surface area contributed by atoms with E-state index in [0.29, 0.717) is 0 Å². The van der Waals surface area contributed by atoms with Gasteiger partial charge >= 0.3 is 0 Å². The molecule has 0 spiro atoms. The van der Waals surface area contributed by atoms with E-state index in [4.69, 9.17) is 0 Å². The van der Waals surface area contributed by atoms with Crippen LogP contribution in [0.25, 0.3) is 21.5 Å². The monoisotopic (exact) mass is 411 g/mol. The molecule has 1 aliphatic rings. The summed E-state index contributed by atoms with van der Waals surface area (Å²) in [4.78, 5) is 2.39. The lowest BCUT2D eigenvalue weighted by Gasteiger charge is -2.36. The molecule has 0 aromatic heterocycles. The van der Waals surface area contributed by atoms with Crippen LogP contribution in [0.5, 0.6) is 0 Å². The number of hydrogen-bond acceptors (Lipinski definition) is 1. The highest BCUT2D eigenvalue weighted by molar-refractivity contribution is 6.98. The lowest BCUT2D eigenvalue weighted by atomic mass is 9.33. The molecule has 6 rings (SSSR count). The Bertz CT molecular complexity index is 1420. The molecule has 0 amide bonds. The van der Waals surface area contributed by atoms with Crippen LogP contribution in [0, 0.1) is 20.8 Å². The van der Waals surface area contributed by atoms with Crippen molar-refractivity contribution in [2.75, 3.05) is 11.9 Å². The molecule has 154 valence electrons. The SMILES string of the molecule is Cc1cc(C)c(B2c3cc4ccccc4cc3N(C)c3cc4ccccc4cc32)c(C)c1. The first kappa shape index (κ1) is 19.2. The Morgan fingerprint density at radius 1 is 0.562 bits per heavy atom.